The lowest BCUT2D eigenvalue weighted by Crippen LogP contribution is -2.38. The molecular weight excluding hydrogens is 331 g/mol. The fourth-order valence-electron chi connectivity index (χ4n) is 2.63. The Labute approximate surface area is 131 Å². The van der Waals surface area contributed by atoms with Crippen LogP contribution in [0, 0.1) is 21.8 Å². The van der Waals surface area contributed by atoms with Crippen molar-refractivity contribution in [2.75, 3.05) is 0 Å². The minimum Gasteiger partial charge on any atom is -0.481 e. The van der Waals surface area contributed by atoms with Crippen LogP contribution in [-0.2, 0) is 14.8 Å². The summed E-state index contributed by atoms with van der Waals surface area (Å²) in [5.41, 5.74) is -1.10. The molecule has 0 aliphatic heterocycles. The predicted molar refractivity (Wildman–Crippen MR) is 76.8 cm³/mol. The fourth-order valence-corrected chi connectivity index (χ4v) is 4.12. The lowest BCUT2D eigenvalue weighted by molar-refractivity contribution is -0.390. The van der Waals surface area contributed by atoms with Crippen molar-refractivity contribution in [3.8, 4) is 0 Å². The van der Waals surface area contributed by atoms with E-state index in [0.717, 1.165) is 18.2 Å². The Balaban J connectivity index is 2.20. The molecule has 0 bridgehead atoms. The maximum atomic E-state index is 13.6. The zero-order valence-corrected chi connectivity index (χ0v) is 12.8. The third kappa shape index (κ3) is 3.82. The van der Waals surface area contributed by atoms with E-state index in [1.807, 2.05) is 0 Å². The van der Waals surface area contributed by atoms with Gasteiger partial charge in [-0.25, -0.2) is 13.1 Å². The molecule has 0 radical (unpaired) electrons. The summed E-state index contributed by atoms with van der Waals surface area (Å²) < 4.78 is 40.4. The molecule has 1 aromatic carbocycles. The molecule has 10 heteroatoms. The molecule has 2 N–H and O–H groups in total. The number of carboxylic acid groups (broad SMARTS) is 1. The number of aliphatic carboxylic acids is 1. The van der Waals surface area contributed by atoms with Crippen LogP contribution in [0.5, 0.6) is 0 Å². The Morgan fingerprint density at radius 1 is 1.30 bits per heavy atom. The van der Waals surface area contributed by atoms with Gasteiger partial charge in [0.1, 0.15) is 0 Å². The Kier molecular flexibility index (Phi) is 4.95. The Bertz CT molecular complexity index is 728. The Morgan fingerprint density at radius 2 is 1.91 bits per heavy atom. The highest BCUT2D eigenvalue weighted by Gasteiger charge is 2.33. The molecule has 2 rings (SSSR count). The molecule has 0 saturated heterocycles. The van der Waals surface area contributed by atoms with Gasteiger partial charge in [-0.3, -0.25) is 14.9 Å². The fraction of sp³-hybridized carbons (Fsp3) is 0.462. The quantitative estimate of drug-likeness (QED) is 0.616. The van der Waals surface area contributed by atoms with E-state index in [1.54, 1.807) is 0 Å². The van der Waals surface area contributed by atoms with Crippen molar-refractivity contribution in [2.24, 2.45) is 5.92 Å². The maximum Gasteiger partial charge on any atom is 0.324 e. The molecule has 8 nitrogen and oxygen atoms in total. The van der Waals surface area contributed by atoms with Gasteiger partial charge >= 0.3 is 11.7 Å². The van der Waals surface area contributed by atoms with Crippen LogP contribution in [-0.4, -0.2) is 30.5 Å². The molecule has 1 aliphatic rings. The first-order valence-electron chi connectivity index (χ1n) is 6.90. The van der Waals surface area contributed by atoms with Gasteiger partial charge in [-0.05, 0) is 37.8 Å². The number of benzene rings is 1. The van der Waals surface area contributed by atoms with E-state index in [0.29, 0.717) is 25.7 Å². The molecule has 0 aromatic heterocycles. The van der Waals surface area contributed by atoms with Gasteiger partial charge < -0.3 is 5.11 Å². The van der Waals surface area contributed by atoms with Crippen molar-refractivity contribution in [3.63, 3.8) is 0 Å². The number of hydrogen-bond donors (Lipinski definition) is 2. The van der Waals surface area contributed by atoms with Crippen LogP contribution in [0.1, 0.15) is 25.7 Å². The molecule has 0 atom stereocenters. The van der Waals surface area contributed by atoms with Crippen LogP contribution in [0.3, 0.4) is 0 Å². The monoisotopic (exact) mass is 346 g/mol. The van der Waals surface area contributed by atoms with Crippen LogP contribution >= 0.6 is 0 Å². The van der Waals surface area contributed by atoms with Crippen molar-refractivity contribution < 1.29 is 27.6 Å². The first-order valence-corrected chi connectivity index (χ1v) is 8.38. The summed E-state index contributed by atoms with van der Waals surface area (Å²) in [6, 6.07) is 2.33. The first-order chi connectivity index (χ1) is 10.7. The van der Waals surface area contributed by atoms with Crippen molar-refractivity contribution in [3.05, 3.63) is 34.1 Å². The highest BCUT2D eigenvalue weighted by atomic mass is 32.2. The summed E-state index contributed by atoms with van der Waals surface area (Å²) in [6.07, 6.45) is 1.24. The number of carboxylic acids is 1. The summed E-state index contributed by atoms with van der Waals surface area (Å²) in [4.78, 5) is 20.0. The number of carbonyl (C=O) groups is 1. The average molecular weight is 346 g/mol. The Morgan fingerprint density at radius 3 is 2.43 bits per heavy atom. The standard InChI is InChI=1S/C13H15FN2O6S/c14-10-2-1-3-11(12(10)16(19)20)23(21,22)15-9-6-4-8(5-7-9)13(17)18/h1-3,8-9,15H,4-7H2,(H,17,18). The number of nitro benzene ring substituents is 1. The molecule has 1 fully saturated rings. The summed E-state index contributed by atoms with van der Waals surface area (Å²) in [6.45, 7) is 0. The summed E-state index contributed by atoms with van der Waals surface area (Å²) in [5, 5.41) is 19.8. The molecule has 126 valence electrons. The van der Waals surface area contributed by atoms with E-state index in [9.17, 15) is 27.7 Å². The molecule has 23 heavy (non-hydrogen) atoms. The van der Waals surface area contributed by atoms with Crippen LogP contribution in [0.25, 0.3) is 0 Å². The van der Waals surface area contributed by atoms with E-state index in [-0.39, 0.29) is 0 Å². The largest absolute Gasteiger partial charge is 0.481 e. The van der Waals surface area contributed by atoms with E-state index >= 15 is 0 Å². The number of hydrogen-bond acceptors (Lipinski definition) is 5. The van der Waals surface area contributed by atoms with Gasteiger partial charge in [0.05, 0.1) is 10.8 Å². The van der Waals surface area contributed by atoms with Crippen LogP contribution < -0.4 is 4.72 Å². The molecule has 1 saturated carbocycles. The van der Waals surface area contributed by atoms with E-state index in [1.165, 1.54) is 0 Å². The maximum absolute atomic E-state index is 13.6. The van der Waals surface area contributed by atoms with Crippen LogP contribution in [0.2, 0.25) is 0 Å². The Hall–Kier alpha value is -2.07. The smallest absolute Gasteiger partial charge is 0.324 e. The van der Waals surface area contributed by atoms with Gasteiger partial charge in [0.15, 0.2) is 4.90 Å². The summed E-state index contributed by atoms with van der Waals surface area (Å²) >= 11 is 0. The van der Waals surface area contributed by atoms with Crippen molar-refractivity contribution >= 4 is 21.7 Å². The van der Waals surface area contributed by atoms with Gasteiger partial charge in [-0.2, -0.15) is 4.39 Å². The third-order valence-electron chi connectivity index (χ3n) is 3.82. The van der Waals surface area contributed by atoms with Crippen molar-refractivity contribution in [1.29, 1.82) is 0 Å². The number of rotatable bonds is 5. The molecule has 1 aromatic rings. The second-order valence-corrected chi connectivity index (χ2v) is 7.03. The molecular formula is C13H15FN2O6S. The number of nitro groups is 1. The minimum absolute atomic E-state index is 0.305. The predicted octanol–water partition coefficient (Wildman–Crippen LogP) is 1.66. The number of halogens is 1. The number of nitrogens with one attached hydrogen (secondary N) is 1. The summed E-state index contributed by atoms with van der Waals surface area (Å²) in [5.74, 6) is -2.67. The first kappa shape index (κ1) is 17.3. The van der Waals surface area contributed by atoms with Gasteiger partial charge in [-0.1, -0.05) is 6.07 Å². The van der Waals surface area contributed by atoms with E-state index < -0.39 is 49.3 Å². The number of nitrogens with zero attached hydrogens (tertiary/aromatic N) is 1. The molecule has 1 aliphatic carbocycles. The van der Waals surface area contributed by atoms with Crippen LogP contribution in [0.15, 0.2) is 23.1 Å². The highest BCUT2D eigenvalue weighted by Crippen LogP contribution is 2.29. The van der Waals surface area contributed by atoms with Gasteiger partial charge in [0, 0.05) is 6.04 Å². The minimum atomic E-state index is -4.27. The highest BCUT2D eigenvalue weighted by molar-refractivity contribution is 7.89. The average Bonchev–Trinajstić information content (AvgIpc) is 2.46. The van der Waals surface area contributed by atoms with E-state index in [4.69, 9.17) is 5.11 Å². The normalized spacial score (nSPS) is 21.8. The number of sulfonamides is 1. The van der Waals surface area contributed by atoms with Gasteiger partial charge in [0.2, 0.25) is 15.8 Å². The summed E-state index contributed by atoms with van der Waals surface area (Å²) in [7, 11) is -4.27. The number of para-hydroxylation sites is 1. The van der Waals surface area contributed by atoms with Gasteiger partial charge in [-0.15, -0.1) is 0 Å². The molecule has 0 spiro atoms. The third-order valence-corrected chi connectivity index (χ3v) is 5.37. The second kappa shape index (κ2) is 6.59. The van der Waals surface area contributed by atoms with Crippen LogP contribution in [0.4, 0.5) is 10.1 Å². The van der Waals surface area contributed by atoms with Crippen molar-refractivity contribution in [2.45, 2.75) is 36.6 Å². The zero-order chi connectivity index (χ0) is 17.2. The van der Waals surface area contributed by atoms with Crippen molar-refractivity contribution in [1.82, 2.24) is 4.72 Å². The second-order valence-electron chi connectivity index (χ2n) is 5.35. The van der Waals surface area contributed by atoms with E-state index in [2.05, 4.69) is 4.72 Å². The lowest BCUT2D eigenvalue weighted by atomic mass is 9.87. The molecule has 0 amide bonds. The molecule has 0 heterocycles. The zero-order valence-electron chi connectivity index (χ0n) is 11.9. The SMILES string of the molecule is O=C(O)C1CCC(NS(=O)(=O)c2cccc(F)c2[N+](=O)[O-])CC1. The topological polar surface area (TPSA) is 127 Å². The molecule has 0 unspecified atom stereocenters. The lowest BCUT2D eigenvalue weighted by Gasteiger charge is -2.26. The van der Waals surface area contributed by atoms with Gasteiger partial charge in [0.25, 0.3) is 0 Å².